The highest BCUT2D eigenvalue weighted by Crippen LogP contribution is 2.20. The third-order valence-corrected chi connectivity index (χ3v) is 3.53. The van der Waals surface area contributed by atoms with Crippen LogP contribution in [0.2, 0.25) is 0 Å². The molecule has 2 nitrogen and oxygen atoms in total. The van der Waals surface area contributed by atoms with Gasteiger partial charge in [0.2, 0.25) is 0 Å². The second kappa shape index (κ2) is 6.41. The smallest absolute Gasteiger partial charge is 0.00926 e. The lowest BCUT2D eigenvalue weighted by atomic mass is 9.98. The maximum absolute atomic E-state index is 5.64. The number of piperidine rings is 1. The molecule has 0 aliphatic carbocycles. The van der Waals surface area contributed by atoms with Crippen molar-refractivity contribution in [1.82, 2.24) is 4.90 Å². The molecule has 1 fully saturated rings. The lowest BCUT2D eigenvalue weighted by Gasteiger charge is -2.35. The fourth-order valence-electron chi connectivity index (χ4n) is 2.32. The van der Waals surface area contributed by atoms with Gasteiger partial charge in [0.25, 0.3) is 0 Å². The molecule has 0 aromatic heterocycles. The van der Waals surface area contributed by atoms with E-state index in [1.165, 1.54) is 45.2 Å². The van der Waals surface area contributed by atoms with Crippen molar-refractivity contribution in [2.75, 3.05) is 19.6 Å². The van der Waals surface area contributed by atoms with Crippen molar-refractivity contribution in [1.29, 1.82) is 0 Å². The van der Waals surface area contributed by atoms with E-state index in [-0.39, 0.29) is 0 Å². The molecule has 1 rings (SSSR count). The highest BCUT2D eigenvalue weighted by molar-refractivity contribution is 4.76. The van der Waals surface area contributed by atoms with Gasteiger partial charge in [-0.1, -0.05) is 20.3 Å². The van der Waals surface area contributed by atoms with Crippen molar-refractivity contribution < 1.29 is 0 Å². The van der Waals surface area contributed by atoms with Gasteiger partial charge in [-0.15, -0.1) is 0 Å². The van der Waals surface area contributed by atoms with Crippen LogP contribution in [-0.4, -0.2) is 30.6 Å². The van der Waals surface area contributed by atoms with Gasteiger partial charge in [0.1, 0.15) is 0 Å². The average molecular weight is 198 g/mol. The Morgan fingerprint density at radius 3 is 2.86 bits per heavy atom. The molecule has 84 valence electrons. The van der Waals surface area contributed by atoms with E-state index in [0.29, 0.717) is 5.92 Å². The summed E-state index contributed by atoms with van der Waals surface area (Å²) in [4.78, 5) is 2.68. The normalized spacial score (nSPS) is 26.4. The molecular formula is C12H26N2. The van der Waals surface area contributed by atoms with Crippen LogP contribution in [0, 0.1) is 5.92 Å². The van der Waals surface area contributed by atoms with Gasteiger partial charge >= 0.3 is 0 Å². The highest BCUT2D eigenvalue weighted by Gasteiger charge is 2.20. The molecule has 14 heavy (non-hydrogen) atoms. The number of nitrogens with two attached hydrogens (primary N) is 1. The summed E-state index contributed by atoms with van der Waals surface area (Å²) in [6.45, 7) is 7.98. The fourth-order valence-corrected chi connectivity index (χ4v) is 2.32. The standard InChI is InChI=1S/C12H26N2/c1-3-12-6-4-5-8-14(12)9-7-11(2)10-13/h11-12H,3-10,13H2,1-2H3. The van der Waals surface area contributed by atoms with Gasteiger partial charge in [-0.2, -0.15) is 0 Å². The first-order chi connectivity index (χ1) is 6.77. The molecule has 2 atom stereocenters. The minimum atomic E-state index is 0.689. The maximum Gasteiger partial charge on any atom is 0.00926 e. The zero-order valence-corrected chi connectivity index (χ0v) is 9.84. The molecular weight excluding hydrogens is 172 g/mol. The van der Waals surface area contributed by atoms with Crippen LogP contribution >= 0.6 is 0 Å². The number of rotatable bonds is 5. The number of hydrogen-bond acceptors (Lipinski definition) is 2. The molecule has 0 aromatic carbocycles. The van der Waals surface area contributed by atoms with Gasteiger partial charge in [-0.25, -0.2) is 0 Å². The first-order valence-corrected chi connectivity index (χ1v) is 6.22. The van der Waals surface area contributed by atoms with Crippen LogP contribution in [0.1, 0.15) is 46.0 Å². The summed E-state index contributed by atoms with van der Waals surface area (Å²) in [5.41, 5.74) is 5.64. The van der Waals surface area contributed by atoms with Crippen molar-refractivity contribution in [2.45, 2.75) is 52.0 Å². The molecule has 0 radical (unpaired) electrons. The summed E-state index contributed by atoms with van der Waals surface area (Å²) in [6, 6.07) is 0.855. The van der Waals surface area contributed by atoms with E-state index in [4.69, 9.17) is 5.73 Å². The number of nitrogens with zero attached hydrogens (tertiary/aromatic N) is 1. The van der Waals surface area contributed by atoms with Crippen molar-refractivity contribution in [3.8, 4) is 0 Å². The summed E-state index contributed by atoms with van der Waals surface area (Å²) >= 11 is 0. The SMILES string of the molecule is CCC1CCCCN1CCC(C)CN. The Kier molecular flexibility index (Phi) is 5.49. The molecule has 2 unspecified atom stereocenters. The van der Waals surface area contributed by atoms with E-state index in [1.807, 2.05) is 0 Å². The first-order valence-electron chi connectivity index (χ1n) is 6.22. The van der Waals surface area contributed by atoms with E-state index in [1.54, 1.807) is 0 Å². The van der Waals surface area contributed by atoms with Gasteiger partial charge in [-0.05, 0) is 51.2 Å². The van der Waals surface area contributed by atoms with E-state index in [0.717, 1.165) is 12.6 Å². The van der Waals surface area contributed by atoms with Crippen LogP contribution in [0.25, 0.3) is 0 Å². The molecule has 0 bridgehead atoms. The first kappa shape index (κ1) is 12.0. The van der Waals surface area contributed by atoms with Gasteiger partial charge < -0.3 is 10.6 Å². The quantitative estimate of drug-likeness (QED) is 0.734. The lowest BCUT2D eigenvalue weighted by Crippen LogP contribution is -2.40. The summed E-state index contributed by atoms with van der Waals surface area (Å²) in [7, 11) is 0. The van der Waals surface area contributed by atoms with Gasteiger partial charge in [0, 0.05) is 6.04 Å². The molecule has 1 saturated heterocycles. The molecule has 0 saturated carbocycles. The minimum absolute atomic E-state index is 0.689. The second-order valence-corrected chi connectivity index (χ2v) is 4.72. The zero-order valence-electron chi connectivity index (χ0n) is 9.84. The van der Waals surface area contributed by atoms with Crippen LogP contribution in [0.4, 0.5) is 0 Å². The summed E-state index contributed by atoms with van der Waals surface area (Å²) in [5, 5.41) is 0. The molecule has 0 aromatic rings. The average Bonchev–Trinajstić information content (AvgIpc) is 2.26. The van der Waals surface area contributed by atoms with E-state index >= 15 is 0 Å². The largest absolute Gasteiger partial charge is 0.330 e. The van der Waals surface area contributed by atoms with E-state index in [9.17, 15) is 0 Å². The van der Waals surface area contributed by atoms with Crippen LogP contribution in [-0.2, 0) is 0 Å². The van der Waals surface area contributed by atoms with E-state index in [2.05, 4.69) is 18.7 Å². The predicted octanol–water partition coefficient (Wildman–Crippen LogP) is 2.24. The number of likely N-dealkylation sites (tertiary alicyclic amines) is 1. The molecule has 1 heterocycles. The summed E-state index contributed by atoms with van der Waals surface area (Å²) in [5.74, 6) is 0.689. The Morgan fingerprint density at radius 1 is 1.43 bits per heavy atom. The van der Waals surface area contributed by atoms with Crippen molar-refractivity contribution in [3.63, 3.8) is 0 Å². The molecule has 0 amide bonds. The Labute approximate surface area is 88.8 Å². The monoisotopic (exact) mass is 198 g/mol. The Bertz CT molecular complexity index is 147. The van der Waals surface area contributed by atoms with Gasteiger partial charge in [-0.3, -0.25) is 0 Å². The predicted molar refractivity (Wildman–Crippen MR) is 62.3 cm³/mol. The fraction of sp³-hybridized carbons (Fsp3) is 1.00. The van der Waals surface area contributed by atoms with Crippen LogP contribution < -0.4 is 5.73 Å². The Hall–Kier alpha value is -0.0800. The molecule has 2 heteroatoms. The topological polar surface area (TPSA) is 29.3 Å². The van der Waals surface area contributed by atoms with Gasteiger partial charge in [0.05, 0.1) is 0 Å². The number of hydrogen-bond donors (Lipinski definition) is 1. The lowest BCUT2D eigenvalue weighted by molar-refractivity contribution is 0.136. The highest BCUT2D eigenvalue weighted by atomic mass is 15.2. The molecule has 0 spiro atoms. The zero-order chi connectivity index (χ0) is 10.4. The van der Waals surface area contributed by atoms with Crippen molar-refractivity contribution in [3.05, 3.63) is 0 Å². The third-order valence-electron chi connectivity index (χ3n) is 3.53. The maximum atomic E-state index is 5.64. The summed E-state index contributed by atoms with van der Waals surface area (Å²) in [6.07, 6.45) is 6.83. The molecule has 2 N–H and O–H groups in total. The molecule has 1 aliphatic rings. The van der Waals surface area contributed by atoms with Gasteiger partial charge in [0.15, 0.2) is 0 Å². The Balaban J connectivity index is 2.26. The van der Waals surface area contributed by atoms with Crippen LogP contribution in [0.5, 0.6) is 0 Å². The second-order valence-electron chi connectivity index (χ2n) is 4.72. The van der Waals surface area contributed by atoms with E-state index < -0.39 is 0 Å². The van der Waals surface area contributed by atoms with Crippen LogP contribution in [0.15, 0.2) is 0 Å². The molecule has 1 aliphatic heterocycles. The Morgan fingerprint density at radius 2 is 2.21 bits per heavy atom. The third kappa shape index (κ3) is 3.58. The van der Waals surface area contributed by atoms with Crippen LogP contribution in [0.3, 0.4) is 0 Å². The van der Waals surface area contributed by atoms with Crippen molar-refractivity contribution in [2.24, 2.45) is 11.7 Å². The van der Waals surface area contributed by atoms with Crippen molar-refractivity contribution >= 4 is 0 Å². The minimum Gasteiger partial charge on any atom is -0.330 e. The summed E-state index contributed by atoms with van der Waals surface area (Å²) < 4.78 is 0.